The molecule has 16 heavy (non-hydrogen) atoms. The van der Waals surface area contributed by atoms with E-state index in [1.165, 1.54) is 64.3 Å². The van der Waals surface area contributed by atoms with E-state index in [1.807, 2.05) is 0 Å². The molecule has 1 aliphatic carbocycles. The van der Waals surface area contributed by atoms with Crippen LogP contribution in [0.1, 0.15) is 64.7 Å². The summed E-state index contributed by atoms with van der Waals surface area (Å²) >= 11 is 0. The highest BCUT2D eigenvalue weighted by atomic mass is 15.2. The average Bonchev–Trinajstić information content (AvgIpc) is 2.83. The molecule has 2 rings (SSSR count). The van der Waals surface area contributed by atoms with Crippen molar-refractivity contribution in [3.63, 3.8) is 0 Å². The zero-order valence-corrected chi connectivity index (χ0v) is 10.9. The Bertz CT molecular complexity index is 187. The molecule has 94 valence electrons. The minimum atomic E-state index is 0.421. The van der Waals surface area contributed by atoms with Crippen molar-refractivity contribution in [2.45, 2.75) is 70.3 Å². The molecule has 2 nitrogen and oxygen atoms in total. The van der Waals surface area contributed by atoms with Crippen LogP contribution < -0.4 is 10.6 Å². The molecule has 1 unspecified atom stereocenters. The molecule has 0 aromatic heterocycles. The van der Waals surface area contributed by atoms with Crippen molar-refractivity contribution >= 4 is 0 Å². The zero-order chi connectivity index (χ0) is 11.3. The highest BCUT2D eigenvalue weighted by Crippen LogP contribution is 2.33. The molecule has 1 aliphatic heterocycles. The van der Waals surface area contributed by atoms with Crippen LogP contribution in [0.5, 0.6) is 0 Å². The average molecular weight is 224 g/mol. The third-order valence-electron chi connectivity index (χ3n) is 4.77. The molecule has 0 amide bonds. The number of hydrogen-bond acceptors (Lipinski definition) is 2. The Morgan fingerprint density at radius 3 is 2.12 bits per heavy atom. The lowest BCUT2D eigenvalue weighted by atomic mass is 9.76. The summed E-state index contributed by atoms with van der Waals surface area (Å²) in [5, 5.41) is 7.25. The van der Waals surface area contributed by atoms with E-state index in [2.05, 4.69) is 17.6 Å². The normalized spacial score (nSPS) is 34.3. The number of nitrogens with one attached hydrogen (secondary N) is 2. The minimum absolute atomic E-state index is 0.421. The van der Waals surface area contributed by atoms with Gasteiger partial charge in [0.15, 0.2) is 0 Å². The van der Waals surface area contributed by atoms with E-state index in [0.29, 0.717) is 5.54 Å². The van der Waals surface area contributed by atoms with Crippen LogP contribution in [0, 0.1) is 5.92 Å². The SMILES string of the molecule is CCC1(C2CCCCCCCC2)CNCN1. The van der Waals surface area contributed by atoms with Crippen molar-refractivity contribution in [2.24, 2.45) is 5.92 Å². The van der Waals surface area contributed by atoms with Gasteiger partial charge in [-0.2, -0.15) is 0 Å². The van der Waals surface area contributed by atoms with E-state index in [9.17, 15) is 0 Å². The molecule has 1 saturated carbocycles. The summed E-state index contributed by atoms with van der Waals surface area (Å²) in [6.07, 6.45) is 12.9. The smallest absolute Gasteiger partial charge is 0.0459 e. The van der Waals surface area contributed by atoms with Gasteiger partial charge in [0.1, 0.15) is 0 Å². The van der Waals surface area contributed by atoms with Gasteiger partial charge in [0.2, 0.25) is 0 Å². The zero-order valence-electron chi connectivity index (χ0n) is 10.9. The highest BCUT2D eigenvalue weighted by molar-refractivity contribution is 4.98. The van der Waals surface area contributed by atoms with Gasteiger partial charge in [-0.25, -0.2) is 0 Å². The minimum Gasteiger partial charge on any atom is -0.303 e. The summed E-state index contributed by atoms with van der Waals surface area (Å²) in [7, 11) is 0. The van der Waals surface area contributed by atoms with Crippen LogP contribution in [0.4, 0.5) is 0 Å². The Morgan fingerprint density at radius 1 is 1.00 bits per heavy atom. The summed E-state index contributed by atoms with van der Waals surface area (Å²) in [5.41, 5.74) is 0.421. The van der Waals surface area contributed by atoms with Gasteiger partial charge < -0.3 is 5.32 Å². The first-order valence-corrected chi connectivity index (χ1v) is 7.33. The summed E-state index contributed by atoms with van der Waals surface area (Å²) in [5.74, 6) is 0.908. The molecule has 1 heterocycles. The lowest BCUT2D eigenvalue weighted by Gasteiger charge is -2.37. The van der Waals surface area contributed by atoms with Crippen molar-refractivity contribution < 1.29 is 0 Å². The summed E-state index contributed by atoms with van der Waals surface area (Å²) < 4.78 is 0. The van der Waals surface area contributed by atoms with Crippen LogP contribution in [-0.4, -0.2) is 18.8 Å². The number of rotatable bonds is 2. The van der Waals surface area contributed by atoms with Gasteiger partial charge in [-0.1, -0.05) is 45.4 Å². The van der Waals surface area contributed by atoms with Gasteiger partial charge in [-0.15, -0.1) is 0 Å². The van der Waals surface area contributed by atoms with Crippen LogP contribution >= 0.6 is 0 Å². The van der Waals surface area contributed by atoms with Crippen LogP contribution in [0.15, 0.2) is 0 Å². The Balaban J connectivity index is 1.97. The molecule has 2 aliphatic rings. The lowest BCUT2D eigenvalue weighted by Crippen LogP contribution is -2.49. The predicted molar refractivity (Wildman–Crippen MR) is 69.5 cm³/mol. The first kappa shape index (κ1) is 12.4. The molecular formula is C14H28N2. The first-order chi connectivity index (χ1) is 7.87. The van der Waals surface area contributed by atoms with Gasteiger partial charge in [0.05, 0.1) is 0 Å². The maximum atomic E-state index is 3.75. The fourth-order valence-electron chi connectivity index (χ4n) is 3.60. The monoisotopic (exact) mass is 224 g/mol. The molecule has 0 radical (unpaired) electrons. The van der Waals surface area contributed by atoms with Gasteiger partial charge in [0.25, 0.3) is 0 Å². The molecule has 2 heteroatoms. The van der Waals surface area contributed by atoms with Crippen molar-refractivity contribution in [1.29, 1.82) is 0 Å². The lowest BCUT2D eigenvalue weighted by molar-refractivity contribution is 0.211. The Morgan fingerprint density at radius 2 is 1.62 bits per heavy atom. The fourth-order valence-corrected chi connectivity index (χ4v) is 3.60. The Kier molecular flexibility index (Phi) is 4.66. The van der Waals surface area contributed by atoms with Gasteiger partial charge in [-0.3, -0.25) is 5.32 Å². The standard InChI is InChI=1S/C14H28N2/c1-2-14(11-15-12-16-14)13-9-7-5-3-4-6-8-10-13/h13,15-16H,2-12H2,1H3. The third-order valence-corrected chi connectivity index (χ3v) is 4.77. The molecule has 0 bridgehead atoms. The van der Waals surface area contributed by atoms with Gasteiger partial charge in [-0.05, 0) is 25.2 Å². The third kappa shape index (κ3) is 2.78. The second kappa shape index (κ2) is 6.02. The molecule has 1 atom stereocenters. The van der Waals surface area contributed by atoms with E-state index < -0.39 is 0 Å². The van der Waals surface area contributed by atoms with Crippen molar-refractivity contribution in [3.05, 3.63) is 0 Å². The van der Waals surface area contributed by atoms with Crippen molar-refractivity contribution in [2.75, 3.05) is 13.2 Å². The fraction of sp³-hybridized carbons (Fsp3) is 1.00. The molecule has 0 aromatic carbocycles. The Labute approximate surface area is 101 Å². The number of hydrogen-bond donors (Lipinski definition) is 2. The van der Waals surface area contributed by atoms with Gasteiger partial charge in [0, 0.05) is 18.8 Å². The van der Waals surface area contributed by atoms with Crippen molar-refractivity contribution in [3.8, 4) is 0 Å². The van der Waals surface area contributed by atoms with Crippen LogP contribution in [0.2, 0.25) is 0 Å². The largest absolute Gasteiger partial charge is 0.303 e. The van der Waals surface area contributed by atoms with E-state index >= 15 is 0 Å². The second-order valence-corrected chi connectivity index (χ2v) is 5.69. The molecule has 1 saturated heterocycles. The molecule has 0 spiro atoms. The van der Waals surface area contributed by atoms with E-state index in [-0.39, 0.29) is 0 Å². The predicted octanol–water partition coefficient (Wildman–Crippen LogP) is 3.04. The van der Waals surface area contributed by atoms with Crippen LogP contribution in [0.3, 0.4) is 0 Å². The quantitative estimate of drug-likeness (QED) is 0.753. The van der Waals surface area contributed by atoms with E-state index in [0.717, 1.165) is 12.6 Å². The maximum Gasteiger partial charge on any atom is 0.0459 e. The topological polar surface area (TPSA) is 24.1 Å². The van der Waals surface area contributed by atoms with E-state index in [1.54, 1.807) is 0 Å². The van der Waals surface area contributed by atoms with Crippen molar-refractivity contribution in [1.82, 2.24) is 10.6 Å². The first-order valence-electron chi connectivity index (χ1n) is 7.33. The van der Waals surface area contributed by atoms with Crippen LogP contribution in [0.25, 0.3) is 0 Å². The Hall–Kier alpha value is -0.0800. The molecule has 2 fully saturated rings. The maximum absolute atomic E-state index is 3.75. The molecule has 0 aromatic rings. The van der Waals surface area contributed by atoms with E-state index in [4.69, 9.17) is 0 Å². The molecular weight excluding hydrogens is 196 g/mol. The van der Waals surface area contributed by atoms with Crippen LogP contribution in [-0.2, 0) is 0 Å². The molecule has 2 N–H and O–H groups in total. The summed E-state index contributed by atoms with van der Waals surface area (Å²) in [6.45, 7) is 4.56. The van der Waals surface area contributed by atoms with Gasteiger partial charge >= 0.3 is 0 Å². The summed E-state index contributed by atoms with van der Waals surface area (Å²) in [6, 6.07) is 0. The summed E-state index contributed by atoms with van der Waals surface area (Å²) in [4.78, 5) is 0. The second-order valence-electron chi connectivity index (χ2n) is 5.69. The highest BCUT2D eigenvalue weighted by Gasteiger charge is 2.38.